The number of aromatic nitrogens is 1. The topological polar surface area (TPSA) is 37.3 Å². The average molecular weight is 343 g/mol. The van der Waals surface area contributed by atoms with Crippen LogP contribution in [-0.4, -0.2) is 10.7 Å². The molecule has 0 amide bonds. The quantitative estimate of drug-likeness (QED) is 0.375. The summed E-state index contributed by atoms with van der Waals surface area (Å²) in [4.78, 5) is 4.53. The zero-order chi connectivity index (χ0) is 17.1. The lowest BCUT2D eigenvalue weighted by molar-refractivity contribution is 1.29. The van der Waals surface area contributed by atoms with Gasteiger partial charge in [-0.3, -0.25) is 5.43 Å². The lowest BCUT2D eigenvalue weighted by Crippen LogP contribution is -1.99. The van der Waals surface area contributed by atoms with Crippen LogP contribution in [0, 0.1) is 0 Å². The van der Waals surface area contributed by atoms with Crippen LogP contribution < -0.4 is 5.43 Å². The van der Waals surface area contributed by atoms with Crippen molar-refractivity contribution < 1.29 is 0 Å². The molecule has 0 aliphatic heterocycles. The van der Waals surface area contributed by atoms with Gasteiger partial charge < -0.3 is 0 Å². The summed E-state index contributed by atoms with van der Waals surface area (Å²) in [6, 6.07) is 26.9. The number of hydrazone groups is 1. The van der Waals surface area contributed by atoms with Crippen molar-refractivity contribution >= 4 is 32.4 Å². The highest BCUT2D eigenvalue weighted by atomic mass is 32.1. The molecule has 1 N–H and O–H groups in total. The highest BCUT2D eigenvalue weighted by Crippen LogP contribution is 2.25. The van der Waals surface area contributed by atoms with Crippen LogP contribution in [0.25, 0.3) is 21.3 Å². The van der Waals surface area contributed by atoms with Crippen LogP contribution in [0.2, 0.25) is 0 Å². The summed E-state index contributed by atoms with van der Waals surface area (Å²) in [5, 5.41) is 5.28. The molecular formula is C21H17N3S. The first-order valence-corrected chi connectivity index (χ1v) is 8.93. The van der Waals surface area contributed by atoms with Gasteiger partial charge >= 0.3 is 0 Å². The number of hydrogen-bond acceptors (Lipinski definition) is 4. The van der Waals surface area contributed by atoms with Crippen molar-refractivity contribution in [2.24, 2.45) is 5.10 Å². The minimum atomic E-state index is 0.807. The molecule has 4 aromatic rings. The van der Waals surface area contributed by atoms with Gasteiger partial charge in [0.25, 0.3) is 0 Å². The van der Waals surface area contributed by atoms with Crippen molar-refractivity contribution in [3.05, 3.63) is 84.4 Å². The summed E-state index contributed by atoms with van der Waals surface area (Å²) < 4.78 is 1.16. The number of thiazole rings is 1. The smallest absolute Gasteiger partial charge is 0.204 e. The SMILES string of the molecule is C/C(=N\Nc1nc2ccccc2s1)c1ccc(-c2ccccc2)cc1. The fraction of sp³-hybridized carbons (Fsp3) is 0.0476. The Balaban J connectivity index is 1.51. The highest BCUT2D eigenvalue weighted by Gasteiger charge is 2.03. The number of rotatable bonds is 4. The van der Waals surface area contributed by atoms with E-state index in [1.54, 1.807) is 11.3 Å². The summed E-state index contributed by atoms with van der Waals surface area (Å²) in [5.41, 5.74) is 8.51. The van der Waals surface area contributed by atoms with Crippen molar-refractivity contribution in [2.45, 2.75) is 6.92 Å². The molecule has 0 aliphatic rings. The molecule has 3 aromatic carbocycles. The number of fused-ring (bicyclic) bond motifs is 1. The Morgan fingerprint density at radius 1 is 0.840 bits per heavy atom. The van der Waals surface area contributed by atoms with E-state index in [2.05, 4.69) is 70.1 Å². The van der Waals surface area contributed by atoms with Gasteiger partial charge in [0.1, 0.15) is 0 Å². The lowest BCUT2D eigenvalue weighted by atomic mass is 10.0. The van der Waals surface area contributed by atoms with Gasteiger partial charge in [0, 0.05) is 0 Å². The van der Waals surface area contributed by atoms with Crippen molar-refractivity contribution in [1.82, 2.24) is 4.98 Å². The summed E-state index contributed by atoms with van der Waals surface area (Å²) in [7, 11) is 0. The third-order valence-corrected chi connectivity index (χ3v) is 4.96. The second-order valence-electron chi connectivity index (χ2n) is 5.74. The number of para-hydroxylation sites is 1. The van der Waals surface area contributed by atoms with E-state index in [0.29, 0.717) is 0 Å². The second-order valence-corrected chi connectivity index (χ2v) is 6.77. The van der Waals surface area contributed by atoms with Crippen molar-refractivity contribution in [1.29, 1.82) is 0 Å². The number of nitrogens with zero attached hydrogens (tertiary/aromatic N) is 2. The van der Waals surface area contributed by atoms with Gasteiger partial charge in [-0.2, -0.15) is 5.10 Å². The van der Waals surface area contributed by atoms with Gasteiger partial charge in [-0.25, -0.2) is 4.98 Å². The second kappa shape index (κ2) is 6.87. The van der Waals surface area contributed by atoms with Gasteiger partial charge in [0.05, 0.1) is 15.9 Å². The molecule has 0 radical (unpaired) electrons. The van der Waals surface area contributed by atoms with Crippen LogP contribution in [0.1, 0.15) is 12.5 Å². The molecule has 4 heteroatoms. The van der Waals surface area contributed by atoms with Crippen molar-refractivity contribution in [2.75, 3.05) is 5.43 Å². The number of hydrogen-bond donors (Lipinski definition) is 1. The molecular weight excluding hydrogens is 326 g/mol. The summed E-state index contributed by atoms with van der Waals surface area (Å²) in [5.74, 6) is 0. The van der Waals surface area contributed by atoms with E-state index in [1.165, 1.54) is 11.1 Å². The summed E-state index contributed by atoms with van der Waals surface area (Å²) in [6.45, 7) is 2.00. The minimum absolute atomic E-state index is 0.807. The molecule has 1 aromatic heterocycles. The maximum atomic E-state index is 4.53. The Kier molecular flexibility index (Phi) is 4.27. The first kappa shape index (κ1) is 15.5. The molecule has 122 valence electrons. The van der Waals surface area contributed by atoms with E-state index in [-0.39, 0.29) is 0 Å². The van der Waals surface area contributed by atoms with Crippen LogP contribution in [-0.2, 0) is 0 Å². The average Bonchev–Trinajstić information content (AvgIpc) is 3.10. The molecule has 0 aliphatic carbocycles. The largest absolute Gasteiger partial charge is 0.252 e. The van der Waals surface area contributed by atoms with E-state index in [9.17, 15) is 0 Å². The van der Waals surface area contributed by atoms with Gasteiger partial charge in [-0.05, 0) is 35.7 Å². The summed E-state index contributed by atoms with van der Waals surface area (Å²) in [6.07, 6.45) is 0. The Labute approximate surface area is 150 Å². The lowest BCUT2D eigenvalue weighted by Gasteiger charge is -2.04. The van der Waals surface area contributed by atoms with Gasteiger partial charge in [0.15, 0.2) is 0 Å². The normalized spacial score (nSPS) is 11.6. The molecule has 0 saturated heterocycles. The van der Waals surface area contributed by atoms with E-state index < -0.39 is 0 Å². The molecule has 3 nitrogen and oxygen atoms in total. The van der Waals surface area contributed by atoms with E-state index in [1.807, 2.05) is 31.2 Å². The predicted molar refractivity (Wildman–Crippen MR) is 107 cm³/mol. The standard InChI is InChI=1S/C21H17N3S/c1-15(23-24-21-22-19-9-5-6-10-20(19)25-21)16-11-13-18(14-12-16)17-7-3-2-4-8-17/h2-14H,1H3,(H,22,24)/b23-15+. The monoisotopic (exact) mass is 343 g/mol. The maximum Gasteiger partial charge on any atom is 0.204 e. The van der Waals surface area contributed by atoms with Crippen LogP contribution in [0.5, 0.6) is 0 Å². The van der Waals surface area contributed by atoms with E-state index >= 15 is 0 Å². The van der Waals surface area contributed by atoms with Crippen molar-refractivity contribution in [3.8, 4) is 11.1 Å². The summed E-state index contributed by atoms with van der Waals surface area (Å²) >= 11 is 1.60. The molecule has 0 atom stereocenters. The third-order valence-electron chi connectivity index (χ3n) is 4.02. The fourth-order valence-electron chi connectivity index (χ4n) is 2.65. The number of nitrogens with one attached hydrogen (secondary N) is 1. The first-order valence-electron chi connectivity index (χ1n) is 8.11. The van der Waals surface area contributed by atoms with Crippen LogP contribution in [0.4, 0.5) is 5.13 Å². The van der Waals surface area contributed by atoms with Gasteiger partial charge in [-0.1, -0.05) is 78.1 Å². The fourth-order valence-corrected chi connectivity index (χ4v) is 3.46. The Bertz CT molecular complexity index is 985. The highest BCUT2D eigenvalue weighted by molar-refractivity contribution is 7.22. The predicted octanol–water partition coefficient (Wildman–Crippen LogP) is 5.80. The van der Waals surface area contributed by atoms with Crippen LogP contribution in [0.15, 0.2) is 84.0 Å². The molecule has 0 fully saturated rings. The Morgan fingerprint density at radius 3 is 2.28 bits per heavy atom. The number of anilines is 1. The van der Waals surface area contributed by atoms with Gasteiger partial charge in [0.2, 0.25) is 5.13 Å². The first-order chi connectivity index (χ1) is 12.3. The molecule has 25 heavy (non-hydrogen) atoms. The molecule has 4 rings (SSSR count). The van der Waals surface area contributed by atoms with Crippen molar-refractivity contribution in [3.63, 3.8) is 0 Å². The van der Waals surface area contributed by atoms with Crippen LogP contribution >= 0.6 is 11.3 Å². The molecule has 0 spiro atoms. The Morgan fingerprint density at radius 2 is 1.52 bits per heavy atom. The van der Waals surface area contributed by atoms with E-state index in [4.69, 9.17) is 0 Å². The third kappa shape index (κ3) is 3.44. The minimum Gasteiger partial charge on any atom is -0.252 e. The van der Waals surface area contributed by atoms with E-state index in [0.717, 1.165) is 26.6 Å². The zero-order valence-corrected chi connectivity index (χ0v) is 14.6. The molecule has 0 saturated carbocycles. The molecule has 0 bridgehead atoms. The molecule has 0 unspecified atom stereocenters. The Hall–Kier alpha value is -2.98. The number of benzene rings is 3. The van der Waals surface area contributed by atoms with Crippen LogP contribution in [0.3, 0.4) is 0 Å². The van der Waals surface area contributed by atoms with Gasteiger partial charge in [-0.15, -0.1) is 0 Å². The zero-order valence-electron chi connectivity index (χ0n) is 13.8. The maximum absolute atomic E-state index is 4.53. The molecule has 1 heterocycles.